The lowest BCUT2D eigenvalue weighted by Gasteiger charge is -2.29. The molecule has 0 amide bonds. The summed E-state index contributed by atoms with van der Waals surface area (Å²) in [6.45, 7) is 0. The summed E-state index contributed by atoms with van der Waals surface area (Å²) in [4.78, 5) is 3.35. The Morgan fingerprint density at radius 2 is 1.81 bits per heavy atom. The van der Waals surface area contributed by atoms with Gasteiger partial charge in [0.25, 0.3) is 0 Å². The SMILES string of the molecule is NC1(c2noc(C(F)(F)F)n2)CCCCC1. The van der Waals surface area contributed by atoms with Crippen LogP contribution in [0.1, 0.15) is 43.8 Å². The van der Waals surface area contributed by atoms with Crippen molar-refractivity contribution < 1.29 is 17.7 Å². The lowest BCUT2D eigenvalue weighted by molar-refractivity contribution is -0.159. The molecule has 7 heteroatoms. The molecule has 0 atom stereocenters. The van der Waals surface area contributed by atoms with Gasteiger partial charge in [-0.2, -0.15) is 18.2 Å². The Bertz CT molecular complexity index is 368. The molecule has 1 fully saturated rings. The van der Waals surface area contributed by atoms with Crippen LogP contribution in [0.2, 0.25) is 0 Å². The molecule has 0 unspecified atom stereocenters. The van der Waals surface area contributed by atoms with Crippen LogP contribution in [0.25, 0.3) is 0 Å². The van der Waals surface area contributed by atoms with Crippen molar-refractivity contribution in [3.05, 3.63) is 11.7 Å². The Labute approximate surface area is 90.0 Å². The Balaban J connectivity index is 2.24. The maximum Gasteiger partial charge on any atom is 0.471 e. The summed E-state index contributed by atoms with van der Waals surface area (Å²) in [7, 11) is 0. The smallest absolute Gasteiger partial charge is 0.329 e. The summed E-state index contributed by atoms with van der Waals surface area (Å²) in [5, 5.41) is 3.35. The van der Waals surface area contributed by atoms with Gasteiger partial charge in [-0.3, -0.25) is 0 Å². The minimum atomic E-state index is -4.60. The molecule has 0 aliphatic heterocycles. The number of hydrogen-bond acceptors (Lipinski definition) is 4. The van der Waals surface area contributed by atoms with Crippen LogP contribution in [-0.2, 0) is 11.7 Å². The van der Waals surface area contributed by atoms with E-state index in [1.54, 1.807) is 0 Å². The minimum Gasteiger partial charge on any atom is -0.329 e. The third kappa shape index (κ3) is 2.04. The van der Waals surface area contributed by atoms with Gasteiger partial charge in [-0.25, -0.2) is 0 Å². The van der Waals surface area contributed by atoms with E-state index < -0.39 is 17.6 Å². The maximum absolute atomic E-state index is 12.3. The first kappa shape index (κ1) is 11.4. The molecule has 1 aromatic rings. The molecule has 0 saturated heterocycles. The Hall–Kier alpha value is -1.11. The van der Waals surface area contributed by atoms with E-state index in [1.165, 1.54) is 0 Å². The number of rotatable bonds is 1. The van der Waals surface area contributed by atoms with Gasteiger partial charge in [-0.15, -0.1) is 0 Å². The van der Waals surface area contributed by atoms with Crippen molar-refractivity contribution in [1.29, 1.82) is 0 Å². The second-order valence-electron chi connectivity index (χ2n) is 4.14. The number of nitrogens with zero attached hydrogens (tertiary/aromatic N) is 2. The molecular weight excluding hydrogens is 223 g/mol. The van der Waals surface area contributed by atoms with Gasteiger partial charge in [0.15, 0.2) is 5.82 Å². The Morgan fingerprint density at radius 3 is 2.31 bits per heavy atom. The van der Waals surface area contributed by atoms with E-state index in [-0.39, 0.29) is 5.82 Å². The van der Waals surface area contributed by atoms with Crippen molar-refractivity contribution in [1.82, 2.24) is 10.1 Å². The average molecular weight is 235 g/mol. The Kier molecular flexibility index (Phi) is 2.65. The number of nitrogens with two attached hydrogens (primary N) is 1. The van der Waals surface area contributed by atoms with Crippen LogP contribution in [0.5, 0.6) is 0 Å². The highest BCUT2D eigenvalue weighted by Crippen LogP contribution is 2.35. The molecule has 0 radical (unpaired) electrons. The van der Waals surface area contributed by atoms with Crippen LogP contribution in [0.3, 0.4) is 0 Å². The topological polar surface area (TPSA) is 64.9 Å². The molecule has 2 N–H and O–H groups in total. The highest BCUT2D eigenvalue weighted by Gasteiger charge is 2.42. The van der Waals surface area contributed by atoms with E-state index in [0.29, 0.717) is 12.8 Å². The highest BCUT2D eigenvalue weighted by atomic mass is 19.4. The van der Waals surface area contributed by atoms with Crippen LogP contribution >= 0.6 is 0 Å². The molecule has 0 bridgehead atoms. The highest BCUT2D eigenvalue weighted by molar-refractivity contribution is 5.06. The summed E-state index contributed by atoms with van der Waals surface area (Å²) < 4.78 is 40.9. The molecule has 4 nitrogen and oxygen atoms in total. The molecular formula is C9H12F3N3O. The number of aromatic nitrogens is 2. The van der Waals surface area contributed by atoms with Crippen LogP contribution in [0.4, 0.5) is 13.2 Å². The van der Waals surface area contributed by atoms with Gasteiger partial charge in [-0.05, 0) is 12.8 Å². The zero-order valence-corrected chi connectivity index (χ0v) is 8.55. The molecule has 0 spiro atoms. The first-order chi connectivity index (χ1) is 7.42. The molecule has 1 heterocycles. The van der Waals surface area contributed by atoms with Gasteiger partial charge in [0.1, 0.15) is 0 Å². The number of alkyl halides is 3. The summed E-state index contributed by atoms with van der Waals surface area (Å²) in [6, 6.07) is 0. The largest absolute Gasteiger partial charge is 0.471 e. The van der Waals surface area contributed by atoms with Crippen molar-refractivity contribution in [2.75, 3.05) is 0 Å². The molecule has 0 aromatic carbocycles. The van der Waals surface area contributed by atoms with Gasteiger partial charge in [-0.1, -0.05) is 24.4 Å². The van der Waals surface area contributed by atoms with Crippen molar-refractivity contribution in [2.24, 2.45) is 5.73 Å². The lowest BCUT2D eigenvalue weighted by Crippen LogP contribution is -2.39. The second-order valence-corrected chi connectivity index (χ2v) is 4.14. The first-order valence-electron chi connectivity index (χ1n) is 5.12. The standard InChI is InChI=1S/C9H12F3N3O/c10-9(11,12)7-14-6(15-16-7)8(13)4-2-1-3-5-8/h1-5,13H2. The summed E-state index contributed by atoms with van der Waals surface area (Å²) in [5.74, 6) is -1.35. The van der Waals surface area contributed by atoms with Crippen LogP contribution < -0.4 is 5.73 Å². The summed E-state index contributed by atoms with van der Waals surface area (Å²) in [6.07, 6.45) is -0.592. The zero-order valence-electron chi connectivity index (χ0n) is 8.55. The minimum absolute atomic E-state index is 0.0282. The molecule has 1 aliphatic rings. The lowest BCUT2D eigenvalue weighted by atomic mass is 9.82. The monoisotopic (exact) mass is 235 g/mol. The van der Waals surface area contributed by atoms with Crippen molar-refractivity contribution in [3.8, 4) is 0 Å². The second kappa shape index (κ2) is 3.73. The fraction of sp³-hybridized carbons (Fsp3) is 0.778. The van der Waals surface area contributed by atoms with E-state index >= 15 is 0 Å². The van der Waals surface area contributed by atoms with Crippen molar-refractivity contribution in [2.45, 2.75) is 43.8 Å². The predicted octanol–water partition coefficient (Wildman–Crippen LogP) is 2.21. The normalized spacial score (nSPS) is 21.0. The fourth-order valence-electron chi connectivity index (χ4n) is 1.95. The maximum atomic E-state index is 12.3. The molecule has 1 saturated carbocycles. The molecule has 90 valence electrons. The Morgan fingerprint density at radius 1 is 1.19 bits per heavy atom. The molecule has 2 rings (SSSR count). The number of halogens is 3. The van der Waals surface area contributed by atoms with E-state index in [9.17, 15) is 13.2 Å². The summed E-state index contributed by atoms with van der Waals surface area (Å²) >= 11 is 0. The molecule has 16 heavy (non-hydrogen) atoms. The predicted molar refractivity (Wildman–Crippen MR) is 48.3 cm³/mol. The molecule has 1 aliphatic carbocycles. The van der Waals surface area contributed by atoms with Crippen molar-refractivity contribution >= 4 is 0 Å². The van der Waals surface area contributed by atoms with Gasteiger partial charge in [0.2, 0.25) is 0 Å². The van der Waals surface area contributed by atoms with E-state index in [0.717, 1.165) is 19.3 Å². The van der Waals surface area contributed by atoms with Crippen molar-refractivity contribution in [3.63, 3.8) is 0 Å². The third-order valence-electron chi connectivity index (χ3n) is 2.86. The number of hydrogen-bond donors (Lipinski definition) is 1. The average Bonchev–Trinajstić information content (AvgIpc) is 2.67. The van der Waals surface area contributed by atoms with Crippen LogP contribution in [0, 0.1) is 0 Å². The van der Waals surface area contributed by atoms with Gasteiger partial charge in [0, 0.05) is 0 Å². The quantitative estimate of drug-likeness (QED) is 0.810. The zero-order chi connectivity index (χ0) is 11.8. The van der Waals surface area contributed by atoms with Gasteiger partial charge in [0.05, 0.1) is 5.54 Å². The molecule has 1 aromatic heterocycles. The first-order valence-corrected chi connectivity index (χ1v) is 5.12. The van der Waals surface area contributed by atoms with Crippen LogP contribution in [0.15, 0.2) is 4.52 Å². The van der Waals surface area contributed by atoms with E-state index in [1.807, 2.05) is 0 Å². The van der Waals surface area contributed by atoms with Gasteiger partial charge < -0.3 is 10.3 Å². The van der Waals surface area contributed by atoms with Gasteiger partial charge >= 0.3 is 12.1 Å². The summed E-state index contributed by atoms with van der Waals surface area (Å²) in [5.41, 5.74) is 5.13. The van der Waals surface area contributed by atoms with Crippen LogP contribution in [-0.4, -0.2) is 10.1 Å². The third-order valence-corrected chi connectivity index (χ3v) is 2.86. The van der Waals surface area contributed by atoms with E-state index in [2.05, 4.69) is 14.7 Å². The fourth-order valence-corrected chi connectivity index (χ4v) is 1.95. The van der Waals surface area contributed by atoms with E-state index in [4.69, 9.17) is 5.73 Å².